The van der Waals surface area contributed by atoms with Crippen molar-refractivity contribution in [1.29, 1.82) is 0 Å². The molecule has 0 aromatic carbocycles. The van der Waals surface area contributed by atoms with E-state index < -0.39 is 0 Å². The van der Waals surface area contributed by atoms with Crippen molar-refractivity contribution in [2.24, 2.45) is 0 Å². The predicted molar refractivity (Wildman–Crippen MR) is 83.3 cm³/mol. The summed E-state index contributed by atoms with van der Waals surface area (Å²) in [6.07, 6.45) is 3.96. The van der Waals surface area contributed by atoms with Crippen molar-refractivity contribution in [2.45, 2.75) is 6.42 Å². The van der Waals surface area contributed by atoms with E-state index in [1.165, 1.54) is 17.5 Å². The first kappa shape index (κ1) is 14.0. The van der Waals surface area contributed by atoms with Gasteiger partial charge in [0.05, 0.1) is 6.20 Å². The highest BCUT2D eigenvalue weighted by atomic mass is 32.1. The van der Waals surface area contributed by atoms with Crippen LogP contribution in [0.2, 0.25) is 0 Å². The zero-order valence-corrected chi connectivity index (χ0v) is 12.6. The Morgan fingerprint density at radius 1 is 1.44 bits per heavy atom. The minimum atomic E-state index is 0.252. The van der Waals surface area contributed by atoms with Crippen LogP contribution in [0.15, 0.2) is 16.9 Å². The first-order valence-corrected chi connectivity index (χ1v) is 6.79. The van der Waals surface area contributed by atoms with Crippen LogP contribution in [0.1, 0.15) is 6.42 Å². The number of thiol groups is 2. The highest BCUT2D eigenvalue weighted by Crippen LogP contribution is 2.20. The monoisotopic (exact) mass is 321 g/mol. The number of hydrogen-bond acceptors (Lipinski definition) is 6. The highest BCUT2D eigenvalue weighted by Gasteiger charge is 2.30. The van der Waals surface area contributed by atoms with E-state index >= 15 is 0 Å². The lowest BCUT2D eigenvalue weighted by Gasteiger charge is -2.37. The van der Waals surface area contributed by atoms with Gasteiger partial charge in [-0.3, -0.25) is 0 Å². The highest BCUT2D eigenvalue weighted by molar-refractivity contribution is 8.12. The third-order valence-electron chi connectivity index (χ3n) is 2.21. The average molecular weight is 321 g/mol. The lowest BCUT2D eigenvalue weighted by atomic mass is 10.5. The Labute approximate surface area is 126 Å². The van der Waals surface area contributed by atoms with Crippen LogP contribution >= 0.6 is 49.7 Å². The predicted octanol–water partition coefficient (Wildman–Crippen LogP) is 1.25. The van der Waals surface area contributed by atoms with E-state index in [0.29, 0.717) is 4.32 Å². The van der Waals surface area contributed by atoms with Gasteiger partial charge in [-0.05, 0) is 18.6 Å². The van der Waals surface area contributed by atoms with Crippen molar-refractivity contribution in [2.75, 3.05) is 18.1 Å². The summed E-state index contributed by atoms with van der Waals surface area (Å²) in [4.78, 5) is 4.05. The number of anilines is 1. The van der Waals surface area contributed by atoms with Crippen LogP contribution in [-0.2, 0) is 0 Å². The van der Waals surface area contributed by atoms with Crippen LogP contribution in [0.3, 0.4) is 0 Å². The van der Waals surface area contributed by atoms with Gasteiger partial charge in [0.25, 0.3) is 0 Å². The van der Waals surface area contributed by atoms with Crippen molar-refractivity contribution in [3.05, 3.63) is 12.5 Å². The molecular weight excluding hydrogens is 310 g/mol. The number of thiocarbonyl (C=S) groups is 2. The molecule has 1 aliphatic heterocycles. The van der Waals surface area contributed by atoms with Gasteiger partial charge in [0, 0.05) is 13.1 Å². The molecule has 98 valence electrons. The van der Waals surface area contributed by atoms with Crippen LogP contribution in [0.5, 0.6) is 0 Å². The quantitative estimate of drug-likeness (QED) is 0.427. The number of hydrazine groups is 3. The Hall–Kier alpha value is -0.390. The normalized spacial score (nSPS) is 15.7. The third kappa shape index (κ3) is 2.95. The van der Waals surface area contributed by atoms with E-state index in [2.05, 4.69) is 35.7 Å². The molecule has 6 nitrogen and oxygen atoms in total. The van der Waals surface area contributed by atoms with Crippen LogP contribution in [-0.4, -0.2) is 37.0 Å². The SMILES string of the molecule is S=C(S)N(c1ncco1)N(C(=S)S)N1CCCN1. The molecule has 18 heavy (non-hydrogen) atoms. The molecule has 2 heterocycles. The van der Waals surface area contributed by atoms with E-state index in [4.69, 9.17) is 28.9 Å². The number of aromatic nitrogens is 1. The Balaban J connectivity index is 2.31. The van der Waals surface area contributed by atoms with Crippen molar-refractivity contribution in [3.8, 4) is 0 Å². The molecule has 2 rings (SSSR count). The van der Waals surface area contributed by atoms with Gasteiger partial charge >= 0.3 is 6.01 Å². The maximum atomic E-state index is 5.24. The van der Waals surface area contributed by atoms with Crippen LogP contribution in [0.25, 0.3) is 0 Å². The molecule has 0 bridgehead atoms. The molecule has 1 aromatic heterocycles. The summed E-state index contributed by atoms with van der Waals surface area (Å²) in [7, 11) is 0. The Kier molecular flexibility index (Phi) is 4.81. The molecule has 0 aliphatic carbocycles. The summed E-state index contributed by atoms with van der Waals surface area (Å²) in [5, 5.41) is 4.82. The standard InChI is InChI=1S/C8H11N5OS4/c15-7(16)12(6-9-3-5-14-6)13(8(17)18)11-4-1-2-10-11/h3,5,10H,1-2,4H2,(H,15,16)(H,17,18). The van der Waals surface area contributed by atoms with Gasteiger partial charge in [0.2, 0.25) is 0 Å². The molecule has 1 aromatic rings. The summed E-state index contributed by atoms with van der Waals surface area (Å²) in [5.41, 5.74) is 3.15. The fraction of sp³-hybridized carbons (Fsp3) is 0.375. The largest absolute Gasteiger partial charge is 0.431 e. The Morgan fingerprint density at radius 3 is 2.67 bits per heavy atom. The van der Waals surface area contributed by atoms with Gasteiger partial charge in [0.15, 0.2) is 8.64 Å². The molecule has 10 heteroatoms. The number of nitrogens with zero attached hydrogens (tertiary/aromatic N) is 4. The summed E-state index contributed by atoms with van der Waals surface area (Å²) < 4.78 is 5.79. The smallest absolute Gasteiger partial charge is 0.324 e. The second-order valence-electron chi connectivity index (χ2n) is 3.37. The summed E-state index contributed by atoms with van der Waals surface area (Å²) >= 11 is 18.6. The van der Waals surface area contributed by atoms with Gasteiger partial charge in [-0.1, -0.05) is 12.2 Å². The fourth-order valence-corrected chi connectivity index (χ4v) is 2.24. The summed E-state index contributed by atoms with van der Waals surface area (Å²) in [6.45, 7) is 1.62. The van der Waals surface area contributed by atoms with Crippen molar-refractivity contribution in [1.82, 2.24) is 20.6 Å². The molecule has 1 saturated heterocycles. The lowest BCUT2D eigenvalue weighted by Crippen LogP contribution is -2.58. The second-order valence-corrected chi connectivity index (χ2v) is 5.59. The van der Waals surface area contributed by atoms with Gasteiger partial charge < -0.3 is 4.42 Å². The van der Waals surface area contributed by atoms with E-state index in [1.54, 1.807) is 10.2 Å². The Bertz CT molecular complexity index is 433. The summed E-state index contributed by atoms with van der Waals surface area (Å²) in [5.74, 6) is 0. The zero-order valence-electron chi connectivity index (χ0n) is 9.18. The molecule has 1 N–H and O–H groups in total. The second kappa shape index (κ2) is 6.17. The first-order valence-electron chi connectivity index (χ1n) is 5.07. The van der Waals surface area contributed by atoms with Gasteiger partial charge in [-0.2, -0.15) is 10.1 Å². The van der Waals surface area contributed by atoms with Crippen LogP contribution in [0.4, 0.5) is 6.01 Å². The molecule has 0 saturated carbocycles. The fourth-order valence-electron chi connectivity index (χ4n) is 1.54. The molecule has 0 atom stereocenters. The molecule has 0 spiro atoms. The number of hydrogen-bond donors (Lipinski definition) is 3. The van der Waals surface area contributed by atoms with Crippen LogP contribution < -0.4 is 10.4 Å². The molecule has 0 unspecified atom stereocenters. The first-order chi connectivity index (χ1) is 8.61. The van der Waals surface area contributed by atoms with Crippen molar-refractivity contribution < 1.29 is 4.42 Å². The number of rotatable bonds is 2. The average Bonchev–Trinajstić information content (AvgIpc) is 2.97. The molecule has 0 amide bonds. The maximum Gasteiger partial charge on any atom is 0.324 e. The van der Waals surface area contributed by atoms with E-state index in [1.807, 2.05) is 0 Å². The lowest BCUT2D eigenvalue weighted by molar-refractivity contribution is 0.0294. The zero-order chi connectivity index (χ0) is 13.1. The number of oxazole rings is 1. The minimum Gasteiger partial charge on any atom is -0.431 e. The van der Waals surface area contributed by atoms with Gasteiger partial charge in [-0.15, -0.1) is 30.4 Å². The molecular formula is C8H11N5OS4. The van der Waals surface area contributed by atoms with E-state index in [-0.39, 0.29) is 10.3 Å². The maximum absolute atomic E-state index is 5.24. The van der Waals surface area contributed by atoms with E-state index in [0.717, 1.165) is 19.5 Å². The van der Waals surface area contributed by atoms with Gasteiger partial charge in [0.1, 0.15) is 6.26 Å². The summed E-state index contributed by atoms with van der Waals surface area (Å²) in [6, 6.07) is 0.278. The topological polar surface area (TPSA) is 47.8 Å². The van der Waals surface area contributed by atoms with Crippen LogP contribution in [0, 0.1) is 0 Å². The van der Waals surface area contributed by atoms with Gasteiger partial charge in [-0.25, -0.2) is 10.4 Å². The number of nitrogens with one attached hydrogen (secondary N) is 1. The van der Waals surface area contributed by atoms with E-state index in [9.17, 15) is 0 Å². The third-order valence-corrected chi connectivity index (χ3v) is 2.92. The Morgan fingerprint density at radius 2 is 2.22 bits per heavy atom. The van der Waals surface area contributed by atoms with Crippen molar-refractivity contribution in [3.63, 3.8) is 0 Å². The molecule has 0 radical (unpaired) electrons. The molecule has 1 fully saturated rings. The van der Waals surface area contributed by atoms with Crippen molar-refractivity contribution >= 4 is 64.3 Å². The minimum absolute atomic E-state index is 0.252. The molecule has 1 aliphatic rings.